The number of amides is 2. The summed E-state index contributed by atoms with van der Waals surface area (Å²) in [5.74, 6) is -1.47. The first-order valence-electron chi connectivity index (χ1n) is 6.33. The first-order chi connectivity index (χ1) is 9.42. The predicted molar refractivity (Wildman–Crippen MR) is 69.1 cm³/mol. The summed E-state index contributed by atoms with van der Waals surface area (Å²) in [5, 5.41) is 9.04. The molecule has 0 bridgehead atoms. The number of benzene rings is 1. The van der Waals surface area contributed by atoms with Gasteiger partial charge in [0.15, 0.2) is 0 Å². The normalized spacial score (nSPS) is 20.8. The van der Waals surface area contributed by atoms with E-state index in [1.165, 1.54) is 4.90 Å². The number of likely N-dealkylation sites (tertiary alicyclic amines) is 1. The highest BCUT2D eigenvalue weighted by atomic mass is 16.4. The molecule has 1 saturated heterocycles. The lowest BCUT2D eigenvalue weighted by molar-refractivity contribution is -0.159. The summed E-state index contributed by atoms with van der Waals surface area (Å²) in [5.41, 5.74) is 0.0524. The molecule has 3 rings (SSSR count). The third-order valence-electron chi connectivity index (χ3n) is 3.88. The third-order valence-corrected chi connectivity index (χ3v) is 3.88. The number of hydrogen-bond donors (Lipinski definition) is 1. The second kappa shape index (κ2) is 4.14. The van der Waals surface area contributed by atoms with Crippen molar-refractivity contribution in [1.29, 1.82) is 0 Å². The Morgan fingerprint density at radius 3 is 2.15 bits per heavy atom. The second-order valence-corrected chi connectivity index (χ2v) is 5.58. The Balaban J connectivity index is 1.71. The molecule has 0 saturated carbocycles. The molecule has 1 fully saturated rings. The minimum absolute atomic E-state index is 0.148. The Morgan fingerprint density at radius 1 is 1.20 bits per heavy atom. The van der Waals surface area contributed by atoms with Crippen LogP contribution in [0.5, 0.6) is 0 Å². The molecule has 2 aliphatic heterocycles. The van der Waals surface area contributed by atoms with Gasteiger partial charge in [-0.25, -0.2) is 0 Å². The fraction of sp³-hybridized carbons (Fsp3) is 0.357. The molecular formula is C14H14N2O4. The third kappa shape index (κ3) is 1.72. The van der Waals surface area contributed by atoms with Crippen molar-refractivity contribution in [2.45, 2.75) is 6.92 Å². The van der Waals surface area contributed by atoms with Crippen molar-refractivity contribution in [3.8, 4) is 0 Å². The average Bonchev–Trinajstić information content (AvgIpc) is 2.62. The molecule has 2 amide bonds. The fourth-order valence-electron chi connectivity index (χ4n) is 2.74. The topological polar surface area (TPSA) is 77.9 Å². The van der Waals surface area contributed by atoms with Crippen molar-refractivity contribution in [2.75, 3.05) is 19.8 Å². The van der Waals surface area contributed by atoms with Gasteiger partial charge in [0.25, 0.3) is 11.8 Å². The van der Waals surface area contributed by atoms with Crippen LogP contribution >= 0.6 is 0 Å². The van der Waals surface area contributed by atoms with Gasteiger partial charge in [-0.2, -0.15) is 0 Å². The summed E-state index contributed by atoms with van der Waals surface area (Å²) in [6.07, 6.45) is 0. The average molecular weight is 274 g/mol. The van der Waals surface area contributed by atoms with Gasteiger partial charge < -0.3 is 5.11 Å². The van der Waals surface area contributed by atoms with Crippen LogP contribution in [-0.2, 0) is 4.79 Å². The van der Waals surface area contributed by atoms with Gasteiger partial charge in [0, 0.05) is 13.1 Å². The number of aliphatic carboxylic acids is 1. The van der Waals surface area contributed by atoms with Crippen molar-refractivity contribution in [3.63, 3.8) is 0 Å². The number of carbonyl (C=O) groups excluding carboxylic acids is 2. The quantitative estimate of drug-likeness (QED) is 0.819. The number of carboxylic acid groups (broad SMARTS) is 1. The summed E-state index contributed by atoms with van der Waals surface area (Å²) >= 11 is 0. The molecule has 0 radical (unpaired) electrons. The summed E-state index contributed by atoms with van der Waals surface area (Å²) < 4.78 is 0. The SMILES string of the molecule is CC1(C(=O)O)CN(CN2C(=O)c3ccccc3C2=O)C1. The van der Waals surface area contributed by atoms with Gasteiger partial charge in [0.05, 0.1) is 23.2 Å². The van der Waals surface area contributed by atoms with Crippen molar-refractivity contribution < 1.29 is 19.5 Å². The Hall–Kier alpha value is -2.21. The van der Waals surface area contributed by atoms with E-state index >= 15 is 0 Å². The smallest absolute Gasteiger partial charge is 0.311 e. The zero-order valence-corrected chi connectivity index (χ0v) is 11.0. The minimum Gasteiger partial charge on any atom is -0.481 e. The number of hydrogen-bond acceptors (Lipinski definition) is 4. The maximum atomic E-state index is 12.1. The Kier molecular flexibility index (Phi) is 2.65. The number of fused-ring (bicyclic) bond motifs is 1. The molecule has 2 heterocycles. The van der Waals surface area contributed by atoms with Crippen LogP contribution in [0.25, 0.3) is 0 Å². The van der Waals surface area contributed by atoms with Crippen molar-refractivity contribution in [2.24, 2.45) is 5.41 Å². The monoisotopic (exact) mass is 274 g/mol. The standard InChI is InChI=1S/C14H14N2O4/c1-14(13(19)20)6-15(7-14)8-16-11(17)9-4-2-3-5-10(9)12(16)18/h2-5H,6-8H2,1H3,(H,19,20). The van der Waals surface area contributed by atoms with Crippen molar-refractivity contribution in [3.05, 3.63) is 35.4 Å². The lowest BCUT2D eigenvalue weighted by Crippen LogP contribution is -2.61. The van der Waals surface area contributed by atoms with Crippen LogP contribution in [0.4, 0.5) is 0 Å². The largest absolute Gasteiger partial charge is 0.481 e. The summed E-state index contributed by atoms with van der Waals surface area (Å²) in [6, 6.07) is 6.71. The van der Waals surface area contributed by atoms with E-state index in [9.17, 15) is 14.4 Å². The highest BCUT2D eigenvalue weighted by Gasteiger charge is 2.47. The number of carbonyl (C=O) groups is 3. The van der Waals surface area contributed by atoms with E-state index in [0.717, 1.165) is 0 Å². The van der Waals surface area contributed by atoms with Gasteiger partial charge >= 0.3 is 5.97 Å². The van der Waals surface area contributed by atoms with E-state index in [0.29, 0.717) is 24.2 Å². The van der Waals surface area contributed by atoms with Gasteiger partial charge in [-0.05, 0) is 19.1 Å². The van der Waals surface area contributed by atoms with E-state index in [2.05, 4.69) is 0 Å². The molecule has 1 N–H and O–H groups in total. The van der Waals surface area contributed by atoms with E-state index < -0.39 is 11.4 Å². The zero-order chi connectivity index (χ0) is 14.5. The van der Waals surface area contributed by atoms with E-state index in [1.54, 1.807) is 36.1 Å². The Morgan fingerprint density at radius 2 is 1.70 bits per heavy atom. The first-order valence-corrected chi connectivity index (χ1v) is 6.33. The van der Waals surface area contributed by atoms with Crippen molar-refractivity contribution >= 4 is 17.8 Å². The predicted octanol–water partition coefficient (Wildman–Crippen LogP) is 0.647. The van der Waals surface area contributed by atoms with Gasteiger partial charge in [0.2, 0.25) is 0 Å². The highest BCUT2D eigenvalue weighted by Crippen LogP contribution is 2.31. The molecule has 0 aromatic heterocycles. The van der Waals surface area contributed by atoms with Gasteiger partial charge in [0.1, 0.15) is 0 Å². The Labute approximate surface area is 115 Å². The first kappa shape index (κ1) is 12.8. The molecular weight excluding hydrogens is 260 g/mol. The van der Waals surface area contributed by atoms with E-state index in [-0.39, 0.29) is 18.5 Å². The molecule has 1 aromatic rings. The molecule has 6 heteroatoms. The summed E-state index contributed by atoms with van der Waals surface area (Å²) in [4.78, 5) is 38.3. The maximum Gasteiger partial charge on any atom is 0.311 e. The van der Waals surface area contributed by atoms with Crippen LogP contribution in [0.1, 0.15) is 27.6 Å². The molecule has 0 spiro atoms. The molecule has 2 aliphatic rings. The Bertz CT molecular complexity index is 584. The van der Waals surface area contributed by atoms with Crippen LogP contribution < -0.4 is 0 Å². The maximum absolute atomic E-state index is 12.1. The second-order valence-electron chi connectivity index (χ2n) is 5.58. The van der Waals surface area contributed by atoms with Gasteiger partial charge in [-0.3, -0.25) is 24.2 Å². The summed E-state index contributed by atoms with van der Waals surface area (Å²) in [7, 11) is 0. The highest BCUT2D eigenvalue weighted by molar-refractivity contribution is 6.21. The molecule has 20 heavy (non-hydrogen) atoms. The molecule has 1 aromatic carbocycles. The van der Waals surface area contributed by atoms with Crippen molar-refractivity contribution in [1.82, 2.24) is 9.80 Å². The van der Waals surface area contributed by atoms with Crippen LogP contribution in [0.3, 0.4) is 0 Å². The van der Waals surface area contributed by atoms with Gasteiger partial charge in [-0.1, -0.05) is 12.1 Å². The molecule has 0 aliphatic carbocycles. The van der Waals surface area contributed by atoms with Crippen LogP contribution in [0, 0.1) is 5.41 Å². The zero-order valence-electron chi connectivity index (χ0n) is 11.0. The number of rotatable bonds is 3. The molecule has 6 nitrogen and oxygen atoms in total. The summed E-state index contributed by atoms with van der Waals surface area (Å²) in [6.45, 7) is 2.49. The van der Waals surface area contributed by atoms with Crippen LogP contribution in [0.15, 0.2) is 24.3 Å². The molecule has 104 valence electrons. The lowest BCUT2D eigenvalue weighted by atomic mass is 9.82. The fourth-order valence-corrected chi connectivity index (χ4v) is 2.74. The van der Waals surface area contributed by atoms with E-state index in [4.69, 9.17) is 5.11 Å². The van der Waals surface area contributed by atoms with Gasteiger partial charge in [-0.15, -0.1) is 0 Å². The number of imide groups is 1. The minimum atomic E-state index is -0.851. The number of carboxylic acids is 1. The van der Waals surface area contributed by atoms with E-state index in [1.807, 2.05) is 0 Å². The number of nitrogens with zero attached hydrogens (tertiary/aromatic N) is 2. The molecule has 0 unspecified atom stereocenters. The lowest BCUT2D eigenvalue weighted by Gasteiger charge is -2.45. The van der Waals surface area contributed by atoms with Crippen LogP contribution in [0.2, 0.25) is 0 Å². The van der Waals surface area contributed by atoms with Crippen LogP contribution in [-0.4, -0.2) is 52.4 Å². The molecule has 0 atom stereocenters.